The van der Waals surface area contributed by atoms with E-state index in [9.17, 15) is 9.59 Å². The molecule has 1 atom stereocenters. The Morgan fingerprint density at radius 1 is 1.10 bits per heavy atom. The van der Waals surface area contributed by atoms with Crippen molar-refractivity contribution in [3.63, 3.8) is 0 Å². The first-order valence-electron chi connectivity index (χ1n) is 9.84. The van der Waals surface area contributed by atoms with Crippen molar-refractivity contribution in [2.24, 2.45) is 5.92 Å². The zero-order valence-electron chi connectivity index (χ0n) is 17.4. The Hall–Kier alpha value is -3.42. The minimum atomic E-state index is -0.356. The highest BCUT2D eigenvalue weighted by Crippen LogP contribution is 2.29. The van der Waals surface area contributed by atoms with Crippen LogP contribution in [0, 0.1) is 5.92 Å². The van der Waals surface area contributed by atoms with Crippen LogP contribution in [-0.2, 0) is 4.79 Å². The van der Waals surface area contributed by atoms with E-state index in [1.165, 1.54) is 7.11 Å². The van der Waals surface area contributed by atoms with Gasteiger partial charge < -0.3 is 29.7 Å². The van der Waals surface area contributed by atoms with E-state index in [0.717, 1.165) is 11.4 Å². The molecule has 1 heterocycles. The van der Waals surface area contributed by atoms with Crippen LogP contribution in [0.2, 0.25) is 0 Å². The summed E-state index contributed by atoms with van der Waals surface area (Å²) in [4.78, 5) is 26.5. The van der Waals surface area contributed by atoms with Crippen LogP contribution < -0.4 is 29.7 Å². The maximum absolute atomic E-state index is 12.4. The molecular weight excluding hydrogens is 386 g/mol. The smallest absolute Gasteiger partial charge is 0.319 e. The van der Waals surface area contributed by atoms with Crippen molar-refractivity contribution in [3.05, 3.63) is 42.5 Å². The minimum Gasteiger partial charge on any atom is -0.497 e. The van der Waals surface area contributed by atoms with Gasteiger partial charge in [0.2, 0.25) is 5.91 Å². The Morgan fingerprint density at radius 2 is 1.83 bits per heavy atom. The van der Waals surface area contributed by atoms with E-state index < -0.39 is 0 Å². The third kappa shape index (κ3) is 5.14. The molecule has 2 aromatic rings. The molecule has 8 nitrogen and oxygen atoms in total. The number of hydrogen-bond donors (Lipinski definition) is 2. The highest BCUT2D eigenvalue weighted by molar-refractivity contribution is 5.96. The SMILES string of the molecule is CCOc1ccc(N2CC(CNC(=O)Nc3ccc(OC)cc3OC)CC2=O)cc1. The van der Waals surface area contributed by atoms with Crippen LogP contribution in [0.3, 0.4) is 0 Å². The third-order valence-electron chi connectivity index (χ3n) is 4.87. The first-order valence-corrected chi connectivity index (χ1v) is 9.84. The van der Waals surface area contributed by atoms with Crippen molar-refractivity contribution >= 4 is 23.3 Å². The van der Waals surface area contributed by atoms with E-state index in [1.54, 1.807) is 30.2 Å². The molecule has 0 aliphatic carbocycles. The molecule has 1 aliphatic heterocycles. The first-order chi connectivity index (χ1) is 14.5. The average Bonchev–Trinajstić information content (AvgIpc) is 3.14. The summed E-state index contributed by atoms with van der Waals surface area (Å²) >= 11 is 0. The molecule has 2 N–H and O–H groups in total. The van der Waals surface area contributed by atoms with Crippen LogP contribution in [0.5, 0.6) is 17.2 Å². The molecule has 0 aromatic heterocycles. The van der Waals surface area contributed by atoms with Crippen molar-refractivity contribution < 1.29 is 23.8 Å². The maximum atomic E-state index is 12.4. The average molecular weight is 413 g/mol. The molecule has 0 bridgehead atoms. The van der Waals surface area contributed by atoms with Gasteiger partial charge in [0.25, 0.3) is 0 Å². The number of anilines is 2. The van der Waals surface area contributed by atoms with E-state index in [4.69, 9.17) is 14.2 Å². The van der Waals surface area contributed by atoms with Gasteiger partial charge in [-0.1, -0.05) is 0 Å². The number of methoxy groups -OCH3 is 2. The summed E-state index contributed by atoms with van der Waals surface area (Å²) in [5.41, 5.74) is 1.37. The van der Waals surface area contributed by atoms with Gasteiger partial charge in [-0.25, -0.2) is 4.79 Å². The maximum Gasteiger partial charge on any atom is 0.319 e. The number of hydrogen-bond acceptors (Lipinski definition) is 5. The molecule has 2 aromatic carbocycles. The number of carbonyl (C=O) groups is 2. The molecule has 3 amide bonds. The lowest BCUT2D eigenvalue weighted by atomic mass is 10.1. The summed E-state index contributed by atoms with van der Waals surface area (Å²) in [5.74, 6) is 1.99. The Bertz CT molecular complexity index is 885. The zero-order chi connectivity index (χ0) is 21.5. The van der Waals surface area contributed by atoms with Gasteiger partial charge in [-0.05, 0) is 43.3 Å². The first kappa shape index (κ1) is 21.3. The second kappa shape index (κ2) is 9.87. The molecule has 3 rings (SSSR count). The second-order valence-electron chi connectivity index (χ2n) is 6.90. The third-order valence-corrected chi connectivity index (χ3v) is 4.87. The number of carbonyl (C=O) groups excluding carboxylic acids is 2. The number of amides is 3. The Kier molecular flexibility index (Phi) is 7.00. The fourth-order valence-electron chi connectivity index (χ4n) is 3.36. The van der Waals surface area contributed by atoms with Crippen molar-refractivity contribution in [1.82, 2.24) is 5.32 Å². The monoisotopic (exact) mass is 413 g/mol. The van der Waals surface area contributed by atoms with Gasteiger partial charge in [0.15, 0.2) is 0 Å². The number of nitrogens with zero attached hydrogens (tertiary/aromatic N) is 1. The normalized spacial score (nSPS) is 15.6. The molecule has 1 aliphatic rings. The zero-order valence-corrected chi connectivity index (χ0v) is 17.4. The van der Waals surface area contributed by atoms with E-state index in [0.29, 0.717) is 43.3 Å². The molecule has 1 saturated heterocycles. The predicted molar refractivity (Wildman–Crippen MR) is 115 cm³/mol. The summed E-state index contributed by atoms with van der Waals surface area (Å²) in [6.45, 7) is 3.47. The highest BCUT2D eigenvalue weighted by Gasteiger charge is 2.30. The molecule has 8 heteroatoms. The van der Waals surface area contributed by atoms with Gasteiger partial charge in [-0.3, -0.25) is 4.79 Å². The van der Waals surface area contributed by atoms with Crippen LogP contribution in [0.15, 0.2) is 42.5 Å². The Morgan fingerprint density at radius 3 is 2.50 bits per heavy atom. The van der Waals surface area contributed by atoms with E-state index >= 15 is 0 Å². The highest BCUT2D eigenvalue weighted by atomic mass is 16.5. The fraction of sp³-hybridized carbons (Fsp3) is 0.364. The molecular formula is C22H27N3O5. The fourth-order valence-corrected chi connectivity index (χ4v) is 3.36. The van der Waals surface area contributed by atoms with E-state index in [1.807, 2.05) is 31.2 Å². The molecule has 0 saturated carbocycles. The van der Waals surface area contributed by atoms with E-state index in [2.05, 4.69) is 10.6 Å². The minimum absolute atomic E-state index is 0.0348. The summed E-state index contributed by atoms with van der Waals surface area (Å²) in [6, 6.07) is 12.3. The van der Waals surface area contributed by atoms with Crippen molar-refractivity contribution in [2.75, 3.05) is 44.1 Å². The summed E-state index contributed by atoms with van der Waals surface area (Å²) in [5, 5.41) is 5.60. The van der Waals surface area contributed by atoms with E-state index in [-0.39, 0.29) is 17.9 Å². The number of nitrogens with one attached hydrogen (secondary N) is 2. The number of rotatable bonds is 8. The van der Waals surface area contributed by atoms with Crippen LogP contribution in [-0.4, -0.2) is 45.9 Å². The van der Waals surface area contributed by atoms with Crippen molar-refractivity contribution in [1.29, 1.82) is 0 Å². The van der Waals surface area contributed by atoms with Crippen molar-refractivity contribution in [2.45, 2.75) is 13.3 Å². The van der Waals surface area contributed by atoms with Crippen LogP contribution >= 0.6 is 0 Å². The standard InChI is InChI=1S/C22H27N3O5/c1-4-30-17-7-5-16(6-8-17)25-14-15(11-21(25)26)13-23-22(27)24-19-10-9-18(28-2)12-20(19)29-3/h5-10,12,15H,4,11,13-14H2,1-3H3,(H2,23,24,27). The summed E-state index contributed by atoms with van der Waals surface area (Å²) in [6.07, 6.45) is 0.388. The molecule has 0 radical (unpaired) electrons. The van der Waals surface area contributed by atoms with Gasteiger partial charge in [0, 0.05) is 37.2 Å². The molecule has 0 spiro atoms. The lowest BCUT2D eigenvalue weighted by molar-refractivity contribution is -0.117. The van der Waals surface area contributed by atoms with Gasteiger partial charge >= 0.3 is 6.03 Å². The Labute approximate surface area is 176 Å². The van der Waals surface area contributed by atoms with Crippen LogP contribution in [0.25, 0.3) is 0 Å². The molecule has 160 valence electrons. The van der Waals surface area contributed by atoms with Crippen LogP contribution in [0.1, 0.15) is 13.3 Å². The van der Waals surface area contributed by atoms with Crippen molar-refractivity contribution in [3.8, 4) is 17.2 Å². The summed E-state index contributed by atoms with van der Waals surface area (Å²) in [7, 11) is 3.09. The van der Waals surface area contributed by atoms with Gasteiger partial charge in [-0.15, -0.1) is 0 Å². The van der Waals surface area contributed by atoms with Gasteiger partial charge in [0.05, 0.1) is 26.5 Å². The van der Waals surface area contributed by atoms with Gasteiger partial charge in [-0.2, -0.15) is 0 Å². The van der Waals surface area contributed by atoms with Crippen LogP contribution in [0.4, 0.5) is 16.2 Å². The number of benzene rings is 2. The molecule has 30 heavy (non-hydrogen) atoms. The number of urea groups is 1. The topological polar surface area (TPSA) is 89.1 Å². The van der Waals surface area contributed by atoms with Gasteiger partial charge in [0.1, 0.15) is 17.2 Å². The second-order valence-corrected chi connectivity index (χ2v) is 6.90. The Balaban J connectivity index is 1.53. The lowest BCUT2D eigenvalue weighted by Crippen LogP contribution is -2.34. The summed E-state index contributed by atoms with van der Waals surface area (Å²) < 4.78 is 15.9. The number of ether oxygens (including phenoxy) is 3. The predicted octanol–water partition coefficient (Wildman–Crippen LogP) is 3.28. The molecule has 1 fully saturated rings. The lowest BCUT2D eigenvalue weighted by Gasteiger charge is -2.18. The largest absolute Gasteiger partial charge is 0.497 e. The molecule has 1 unspecified atom stereocenters. The quantitative estimate of drug-likeness (QED) is 0.693.